The van der Waals surface area contributed by atoms with E-state index in [-0.39, 0.29) is 11.7 Å². The number of H-pyrrole nitrogens is 1. The first-order valence-electron chi connectivity index (χ1n) is 7.20. The molecule has 1 aliphatic rings. The van der Waals surface area contributed by atoms with Crippen LogP contribution in [0, 0.1) is 5.82 Å². The van der Waals surface area contributed by atoms with Gasteiger partial charge in [0.1, 0.15) is 11.6 Å². The Morgan fingerprint density at radius 1 is 1.38 bits per heavy atom. The van der Waals surface area contributed by atoms with Gasteiger partial charge in [-0.05, 0) is 25.0 Å². The number of amides is 1. The standard InChI is InChI=1S/C16H18FN3O/c1-11(21)20-7-5-12(6-8-20)16-18-10-15(19-16)13-3-2-4-14(17)9-13/h2-4,9-10,12H,5-8H2,1H3,(H,18,19). The maximum absolute atomic E-state index is 13.3. The molecule has 0 aliphatic carbocycles. The minimum Gasteiger partial charge on any atom is -0.343 e. The number of benzene rings is 1. The van der Waals surface area contributed by atoms with Crippen molar-refractivity contribution in [2.75, 3.05) is 13.1 Å². The molecule has 0 bridgehead atoms. The Bertz CT molecular complexity index is 644. The maximum atomic E-state index is 13.3. The Morgan fingerprint density at radius 3 is 2.81 bits per heavy atom. The molecule has 0 spiro atoms. The third-order valence-corrected chi connectivity index (χ3v) is 4.06. The van der Waals surface area contributed by atoms with Crippen LogP contribution in [-0.2, 0) is 4.79 Å². The van der Waals surface area contributed by atoms with E-state index in [4.69, 9.17) is 0 Å². The molecule has 0 unspecified atom stereocenters. The lowest BCUT2D eigenvalue weighted by atomic mass is 9.96. The molecule has 110 valence electrons. The fourth-order valence-electron chi connectivity index (χ4n) is 2.81. The van der Waals surface area contributed by atoms with Gasteiger partial charge in [0.25, 0.3) is 0 Å². The molecule has 0 saturated carbocycles. The monoisotopic (exact) mass is 287 g/mol. The number of halogens is 1. The smallest absolute Gasteiger partial charge is 0.219 e. The normalized spacial score (nSPS) is 16.2. The van der Waals surface area contributed by atoms with Gasteiger partial charge in [-0.15, -0.1) is 0 Å². The summed E-state index contributed by atoms with van der Waals surface area (Å²) >= 11 is 0. The Labute approximate surface area is 123 Å². The first-order chi connectivity index (χ1) is 10.1. The average molecular weight is 287 g/mol. The number of hydrogen-bond acceptors (Lipinski definition) is 2. The predicted octanol–water partition coefficient (Wildman–Crippen LogP) is 2.94. The van der Waals surface area contributed by atoms with Gasteiger partial charge in [-0.2, -0.15) is 0 Å². The molecule has 4 nitrogen and oxygen atoms in total. The number of nitrogens with zero attached hydrogens (tertiary/aromatic N) is 2. The second-order valence-corrected chi connectivity index (χ2v) is 5.47. The van der Waals surface area contributed by atoms with Crippen LogP contribution in [-0.4, -0.2) is 33.9 Å². The molecule has 2 aromatic rings. The van der Waals surface area contributed by atoms with E-state index >= 15 is 0 Å². The number of carbonyl (C=O) groups excluding carboxylic acids is 1. The molecule has 0 atom stereocenters. The zero-order valence-corrected chi connectivity index (χ0v) is 12.0. The van der Waals surface area contributed by atoms with Gasteiger partial charge in [0, 0.05) is 31.5 Å². The minimum atomic E-state index is -0.251. The number of aromatic nitrogens is 2. The minimum absolute atomic E-state index is 0.133. The van der Waals surface area contributed by atoms with Gasteiger partial charge in [-0.3, -0.25) is 4.79 Å². The van der Waals surface area contributed by atoms with Crippen LogP contribution in [0.25, 0.3) is 11.3 Å². The summed E-state index contributed by atoms with van der Waals surface area (Å²) in [4.78, 5) is 20.9. The average Bonchev–Trinajstić information content (AvgIpc) is 2.97. The molecule has 1 amide bonds. The van der Waals surface area contributed by atoms with Gasteiger partial charge >= 0.3 is 0 Å². The number of likely N-dealkylation sites (tertiary alicyclic amines) is 1. The molecule has 21 heavy (non-hydrogen) atoms. The zero-order chi connectivity index (χ0) is 14.8. The number of rotatable bonds is 2. The molecule has 1 fully saturated rings. The Balaban J connectivity index is 1.73. The zero-order valence-electron chi connectivity index (χ0n) is 12.0. The summed E-state index contributed by atoms with van der Waals surface area (Å²) in [6.07, 6.45) is 3.58. The fourth-order valence-corrected chi connectivity index (χ4v) is 2.81. The number of carbonyl (C=O) groups is 1. The summed E-state index contributed by atoms with van der Waals surface area (Å²) in [5, 5.41) is 0. The number of nitrogens with one attached hydrogen (secondary N) is 1. The van der Waals surface area contributed by atoms with Gasteiger partial charge in [-0.25, -0.2) is 9.37 Å². The summed E-state index contributed by atoms with van der Waals surface area (Å²) in [5.41, 5.74) is 1.63. The lowest BCUT2D eigenvalue weighted by molar-refractivity contribution is -0.129. The molecular weight excluding hydrogens is 269 g/mol. The van der Waals surface area contributed by atoms with Crippen molar-refractivity contribution < 1.29 is 9.18 Å². The second kappa shape index (κ2) is 5.68. The summed E-state index contributed by atoms with van der Waals surface area (Å²) in [5.74, 6) is 1.15. The Morgan fingerprint density at radius 2 is 2.14 bits per heavy atom. The molecule has 1 saturated heterocycles. The summed E-state index contributed by atoms with van der Waals surface area (Å²) in [6, 6.07) is 6.48. The van der Waals surface area contributed by atoms with Crippen LogP contribution in [0.15, 0.2) is 30.5 Å². The first kappa shape index (κ1) is 13.8. The van der Waals surface area contributed by atoms with Crippen LogP contribution < -0.4 is 0 Å². The Kier molecular flexibility index (Phi) is 3.73. The van der Waals surface area contributed by atoms with Gasteiger partial charge in [0.15, 0.2) is 0 Å². The second-order valence-electron chi connectivity index (χ2n) is 5.47. The van der Waals surface area contributed by atoms with Crippen molar-refractivity contribution in [3.05, 3.63) is 42.1 Å². The van der Waals surface area contributed by atoms with E-state index in [1.54, 1.807) is 19.2 Å². The van der Waals surface area contributed by atoms with E-state index in [9.17, 15) is 9.18 Å². The quantitative estimate of drug-likeness (QED) is 0.923. The topological polar surface area (TPSA) is 49.0 Å². The van der Waals surface area contributed by atoms with E-state index < -0.39 is 0 Å². The van der Waals surface area contributed by atoms with Crippen molar-refractivity contribution in [3.63, 3.8) is 0 Å². The van der Waals surface area contributed by atoms with Crippen LogP contribution in [0.4, 0.5) is 4.39 Å². The lowest BCUT2D eigenvalue weighted by Gasteiger charge is -2.30. The summed E-state index contributed by atoms with van der Waals surface area (Å²) in [7, 11) is 0. The van der Waals surface area contributed by atoms with Crippen LogP contribution in [0.2, 0.25) is 0 Å². The molecule has 2 heterocycles. The highest BCUT2D eigenvalue weighted by molar-refractivity contribution is 5.73. The van der Waals surface area contributed by atoms with Gasteiger partial charge in [-0.1, -0.05) is 12.1 Å². The first-order valence-corrected chi connectivity index (χ1v) is 7.20. The fraction of sp³-hybridized carbons (Fsp3) is 0.375. The van der Waals surface area contributed by atoms with Crippen molar-refractivity contribution in [3.8, 4) is 11.3 Å². The van der Waals surface area contributed by atoms with Crippen LogP contribution in [0.1, 0.15) is 31.5 Å². The van der Waals surface area contributed by atoms with Gasteiger partial charge in [0.2, 0.25) is 5.91 Å². The SMILES string of the molecule is CC(=O)N1CCC(c2ncc(-c3cccc(F)c3)[nH]2)CC1. The van der Waals surface area contributed by atoms with E-state index in [0.717, 1.165) is 43.0 Å². The van der Waals surface area contributed by atoms with Gasteiger partial charge < -0.3 is 9.88 Å². The van der Waals surface area contributed by atoms with Crippen molar-refractivity contribution >= 4 is 5.91 Å². The largest absolute Gasteiger partial charge is 0.343 e. The molecule has 0 radical (unpaired) electrons. The highest BCUT2D eigenvalue weighted by atomic mass is 19.1. The predicted molar refractivity (Wildman–Crippen MR) is 78.2 cm³/mol. The number of piperidine rings is 1. The third kappa shape index (κ3) is 2.96. The van der Waals surface area contributed by atoms with Gasteiger partial charge in [0.05, 0.1) is 11.9 Å². The van der Waals surface area contributed by atoms with E-state index in [2.05, 4.69) is 9.97 Å². The molecule has 1 aromatic heterocycles. The maximum Gasteiger partial charge on any atom is 0.219 e. The summed E-state index contributed by atoms with van der Waals surface area (Å²) in [6.45, 7) is 3.15. The van der Waals surface area contributed by atoms with E-state index in [0.29, 0.717) is 5.92 Å². The van der Waals surface area contributed by atoms with Crippen LogP contribution in [0.3, 0.4) is 0 Å². The third-order valence-electron chi connectivity index (χ3n) is 4.06. The van der Waals surface area contributed by atoms with Crippen molar-refractivity contribution in [2.24, 2.45) is 0 Å². The number of imidazole rings is 1. The van der Waals surface area contributed by atoms with E-state index in [1.165, 1.54) is 12.1 Å². The van der Waals surface area contributed by atoms with Crippen molar-refractivity contribution in [2.45, 2.75) is 25.7 Å². The molecule has 1 aliphatic heterocycles. The van der Waals surface area contributed by atoms with E-state index in [1.807, 2.05) is 11.0 Å². The highest BCUT2D eigenvalue weighted by Crippen LogP contribution is 2.28. The van der Waals surface area contributed by atoms with Crippen molar-refractivity contribution in [1.82, 2.24) is 14.9 Å². The summed E-state index contributed by atoms with van der Waals surface area (Å²) < 4.78 is 13.3. The molecule has 5 heteroatoms. The molecule has 1 aromatic carbocycles. The Hall–Kier alpha value is -2.17. The van der Waals surface area contributed by atoms with Crippen LogP contribution in [0.5, 0.6) is 0 Å². The van der Waals surface area contributed by atoms with Crippen molar-refractivity contribution in [1.29, 1.82) is 0 Å². The van der Waals surface area contributed by atoms with Crippen LogP contribution >= 0.6 is 0 Å². The molecular formula is C16H18FN3O. The highest BCUT2D eigenvalue weighted by Gasteiger charge is 2.24. The molecule has 3 rings (SSSR count). The number of aromatic amines is 1. The molecule has 1 N–H and O–H groups in total. The number of hydrogen-bond donors (Lipinski definition) is 1. The lowest BCUT2D eigenvalue weighted by Crippen LogP contribution is -2.36.